The number of rotatable bonds is 2. The van der Waals surface area contributed by atoms with Crippen molar-refractivity contribution in [2.24, 2.45) is 0 Å². The Kier molecular flexibility index (Phi) is 3.12. The smallest absolute Gasteiger partial charge is 0.259 e. The molecule has 4 nitrogen and oxygen atoms in total. The van der Waals surface area contributed by atoms with E-state index in [0.717, 1.165) is 0 Å². The van der Waals surface area contributed by atoms with E-state index in [1.165, 1.54) is 24.3 Å². The Morgan fingerprint density at radius 1 is 1.10 bits per heavy atom. The van der Waals surface area contributed by atoms with Gasteiger partial charge >= 0.3 is 0 Å². The largest absolute Gasteiger partial charge is 0.508 e. The van der Waals surface area contributed by atoms with Crippen LogP contribution in [0.15, 0.2) is 47.0 Å². The Bertz CT molecular complexity index is 773. The molecule has 0 atom stereocenters. The normalized spacial score (nSPS) is 10.7. The molecule has 20 heavy (non-hydrogen) atoms. The summed E-state index contributed by atoms with van der Waals surface area (Å²) in [5.74, 6) is -0.182. The highest BCUT2D eigenvalue weighted by Gasteiger charge is 2.16. The second kappa shape index (κ2) is 4.94. The van der Waals surface area contributed by atoms with Crippen LogP contribution in [0, 0.1) is 5.82 Å². The molecule has 0 unspecified atom stereocenters. The fraction of sp³-hybridized carbons (Fsp3) is 0. The van der Waals surface area contributed by atoms with E-state index in [4.69, 9.17) is 16.1 Å². The van der Waals surface area contributed by atoms with Crippen LogP contribution >= 0.6 is 11.6 Å². The van der Waals surface area contributed by atoms with E-state index < -0.39 is 5.82 Å². The third-order valence-corrected chi connectivity index (χ3v) is 3.05. The summed E-state index contributed by atoms with van der Waals surface area (Å²) in [5, 5.41) is 13.5. The number of hydrogen-bond donors (Lipinski definition) is 1. The first kappa shape index (κ1) is 12.6. The molecule has 0 bridgehead atoms. The molecule has 1 aromatic heterocycles. The van der Waals surface area contributed by atoms with E-state index in [-0.39, 0.29) is 23.0 Å². The van der Waals surface area contributed by atoms with Gasteiger partial charge in [-0.25, -0.2) is 4.39 Å². The molecule has 1 N–H and O–H groups in total. The van der Waals surface area contributed by atoms with Crippen LogP contribution in [-0.4, -0.2) is 15.2 Å². The summed E-state index contributed by atoms with van der Waals surface area (Å²) in [7, 11) is 0. The van der Waals surface area contributed by atoms with Gasteiger partial charge in [-0.15, -0.1) is 0 Å². The zero-order chi connectivity index (χ0) is 14.1. The summed E-state index contributed by atoms with van der Waals surface area (Å²) in [6.45, 7) is 0. The monoisotopic (exact) mass is 290 g/mol. The molecule has 0 spiro atoms. The van der Waals surface area contributed by atoms with E-state index in [1.54, 1.807) is 18.2 Å². The van der Waals surface area contributed by atoms with Crippen molar-refractivity contribution in [3.05, 3.63) is 53.3 Å². The summed E-state index contributed by atoms with van der Waals surface area (Å²) in [4.78, 5) is 4.10. The fourth-order valence-corrected chi connectivity index (χ4v) is 1.96. The molecule has 0 aliphatic carbocycles. The maximum absolute atomic E-state index is 13.6. The molecule has 100 valence electrons. The Balaban J connectivity index is 2.07. The molecular weight excluding hydrogens is 283 g/mol. The predicted molar refractivity (Wildman–Crippen MR) is 71.8 cm³/mol. The van der Waals surface area contributed by atoms with Gasteiger partial charge in [0.25, 0.3) is 5.89 Å². The van der Waals surface area contributed by atoms with Gasteiger partial charge in [0, 0.05) is 0 Å². The Morgan fingerprint density at radius 3 is 2.70 bits per heavy atom. The lowest BCUT2D eigenvalue weighted by atomic mass is 10.2. The standard InChI is InChI=1S/C14H8ClFN2O2/c15-11-6-5-8(19)7-10(11)14-17-13(18-20-14)9-3-1-2-4-12(9)16/h1-7,19H. The van der Waals surface area contributed by atoms with Crippen LogP contribution in [0.25, 0.3) is 22.8 Å². The summed E-state index contributed by atoms with van der Waals surface area (Å²) >= 11 is 6.00. The van der Waals surface area contributed by atoms with E-state index in [2.05, 4.69) is 10.1 Å². The van der Waals surface area contributed by atoms with Crippen LogP contribution in [0.1, 0.15) is 0 Å². The van der Waals surface area contributed by atoms with E-state index in [0.29, 0.717) is 10.6 Å². The van der Waals surface area contributed by atoms with Gasteiger partial charge in [0.05, 0.1) is 16.1 Å². The highest BCUT2D eigenvalue weighted by Crippen LogP contribution is 2.31. The van der Waals surface area contributed by atoms with Gasteiger partial charge < -0.3 is 9.63 Å². The molecule has 0 aliphatic heterocycles. The zero-order valence-corrected chi connectivity index (χ0v) is 10.8. The maximum Gasteiger partial charge on any atom is 0.259 e. The van der Waals surface area contributed by atoms with Crippen LogP contribution in [-0.2, 0) is 0 Å². The summed E-state index contributed by atoms with van der Waals surface area (Å²) < 4.78 is 18.7. The third kappa shape index (κ3) is 2.23. The number of aromatic hydroxyl groups is 1. The van der Waals surface area contributed by atoms with Crippen molar-refractivity contribution in [3.8, 4) is 28.6 Å². The molecule has 0 saturated heterocycles. The van der Waals surface area contributed by atoms with E-state index in [9.17, 15) is 9.50 Å². The molecular formula is C14H8ClFN2O2. The summed E-state index contributed by atoms with van der Waals surface area (Å²) in [6.07, 6.45) is 0. The zero-order valence-electron chi connectivity index (χ0n) is 10.0. The van der Waals surface area contributed by atoms with Crippen molar-refractivity contribution >= 4 is 11.6 Å². The summed E-state index contributed by atoms with van der Waals surface area (Å²) in [6, 6.07) is 10.5. The minimum Gasteiger partial charge on any atom is -0.508 e. The SMILES string of the molecule is Oc1ccc(Cl)c(-c2nc(-c3ccccc3F)no2)c1. The molecule has 1 heterocycles. The number of nitrogens with zero attached hydrogens (tertiary/aromatic N) is 2. The molecule has 6 heteroatoms. The van der Waals surface area contributed by atoms with Gasteiger partial charge in [-0.3, -0.25) is 0 Å². The van der Waals surface area contributed by atoms with Crippen molar-refractivity contribution < 1.29 is 14.0 Å². The second-order valence-electron chi connectivity index (χ2n) is 4.07. The van der Waals surface area contributed by atoms with Gasteiger partial charge in [0.15, 0.2) is 0 Å². The van der Waals surface area contributed by atoms with E-state index in [1.807, 2.05) is 0 Å². The van der Waals surface area contributed by atoms with Crippen LogP contribution in [0.3, 0.4) is 0 Å². The van der Waals surface area contributed by atoms with Gasteiger partial charge in [0.1, 0.15) is 11.6 Å². The quantitative estimate of drug-likeness (QED) is 0.777. The molecule has 3 rings (SSSR count). The molecule has 0 saturated carbocycles. The third-order valence-electron chi connectivity index (χ3n) is 2.72. The Morgan fingerprint density at radius 2 is 1.90 bits per heavy atom. The highest BCUT2D eigenvalue weighted by atomic mass is 35.5. The number of halogens is 2. The number of benzene rings is 2. The van der Waals surface area contributed by atoms with Crippen LogP contribution in [0.4, 0.5) is 4.39 Å². The molecule has 3 aromatic rings. The first-order chi connectivity index (χ1) is 9.65. The van der Waals surface area contributed by atoms with E-state index >= 15 is 0 Å². The lowest BCUT2D eigenvalue weighted by molar-refractivity contribution is 0.431. The number of hydrogen-bond acceptors (Lipinski definition) is 4. The number of phenolic OH excluding ortho intramolecular Hbond substituents is 1. The van der Waals surface area contributed by atoms with Crippen molar-refractivity contribution in [2.45, 2.75) is 0 Å². The van der Waals surface area contributed by atoms with Crippen molar-refractivity contribution in [1.82, 2.24) is 10.1 Å². The van der Waals surface area contributed by atoms with Gasteiger partial charge in [-0.2, -0.15) is 4.98 Å². The maximum atomic E-state index is 13.6. The second-order valence-corrected chi connectivity index (χ2v) is 4.47. The lowest BCUT2D eigenvalue weighted by Crippen LogP contribution is -1.86. The van der Waals surface area contributed by atoms with Crippen molar-refractivity contribution in [3.63, 3.8) is 0 Å². The molecule has 0 radical (unpaired) electrons. The first-order valence-electron chi connectivity index (χ1n) is 5.72. The number of phenols is 1. The minimum absolute atomic E-state index is 0.0232. The van der Waals surface area contributed by atoms with Crippen LogP contribution < -0.4 is 0 Å². The first-order valence-corrected chi connectivity index (χ1v) is 6.10. The van der Waals surface area contributed by atoms with Gasteiger partial charge in [-0.1, -0.05) is 28.9 Å². The fourth-order valence-electron chi connectivity index (χ4n) is 1.76. The Hall–Kier alpha value is -2.40. The average molecular weight is 291 g/mol. The van der Waals surface area contributed by atoms with Gasteiger partial charge in [0.2, 0.25) is 5.82 Å². The average Bonchev–Trinajstić information content (AvgIpc) is 2.91. The van der Waals surface area contributed by atoms with Crippen LogP contribution in [0.2, 0.25) is 5.02 Å². The lowest BCUT2D eigenvalue weighted by Gasteiger charge is -1.99. The topological polar surface area (TPSA) is 59.2 Å². The van der Waals surface area contributed by atoms with Gasteiger partial charge in [-0.05, 0) is 30.3 Å². The predicted octanol–water partition coefficient (Wildman–Crippen LogP) is 3.90. The summed E-state index contributed by atoms with van der Waals surface area (Å²) in [5.41, 5.74) is 0.625. The Labute approximate surface area is 118 Å². The number of aromatic nitrogens is 2. The van der Waals surface area contributed by atoms with Crippen molar-refractivity contribution in [2.75, 3.05) is 0 Å². The minimum atomic E-state index is -0.443. The van der Waals surface area contributed by atoms with Crippen molar-refractivity contribution in [1.29, 1.82) is 0 Å². The molecule has 2 aromatic carbocycles. The highest BCUT2D eigenvalue weighted by molar-refractivity contribution is 6.33. The van der Waals surface area contributed by atoms with Crippen LogP contribution in [0.5, 0.6) is 5.75 Å². The molecule has 0 aliphatic rings. The molecule has 0 amide bonds. The molecule has 0 fully saturated rings.